The number of benzene rings is 4. The molecule has 188 valence electrons. The van der Waals surface area contributed by atoms with E-state index in [-0.39, 0.29) is 0 Å². The lowest BCUT2D eigenvalue weighted by Crippen LogP contribution is -2.43. The highest BCUT2D eigenvalue weighted by Gasteiger charge is 2.39. The highest BCUT2D eigenvalue weighted by molar-refractivity contribution is 14.1. The molecular weight excluding hydrogens is 579 g/mol. The Kier molecular flexibility index (Phi) is 8.58. The normalized spacial score (nSPS) is 11.4. The molecule has 0 aliphatic heterocycles. The monoisotopic (exact) mass is 606 g/mol. The van der Waals surface area contributed by atoms with Crippen molar-refractivity contribution in [3.63, 3.8) is 0 Å². The van der Waals surface area contributed by atoms with E-state index in [2.05, 4.69) is 39.2 Å². The molecule has 0 spiro atoms. The van der Waals surface area contributed by atoms with Crippen LogP contribution in [0.15, 0.2) is 102 Å². The zero-order valence-electron chi connectivity index (χ0n) is 20.5. The summed E-state index contributed by atoms with van der Waals surface area (Å²) in [6, 6.07) is 29.4. The lowest BCUT2D eigenvalue weighted by atomic mass is 9.85. The van der Waals surface area contributed by atoms with Crippen LogP contribution in [0.1, 0.15) is 27.8 Å². The molecule has 0 bridgehead atoms. The summed E-state index contributed by atoms with van der Waals surface area (Å²) in [6.45, 7) is 2.45. The Labute approximate surface area is 230 Å². The number of nitrogens with one attached hydrogen (secondary N) is 1. The van der Waals surface area contributed by atoms with Gasteiger partial charge in [0.25, 0.3) is 5.91 Å². The van der Waals surface area contributed by atoms with Gasteiger partial charge in [0.1, 0.15) is 6.61 Å². The Morgan fingerprint density at radius 3 is 2.22 bits per heavy atom. The fraction of sp³-hybridized carbons (Fsp3) is 0.133. The number of amides is 1. The molecule has 2 N–H and O–H groups in total. The quantitative estimate of drug-likeness (QED) is 0.148. The third-order valence-electron chi connectivity index (χ3n) is 5.81. The van der Waals surface area contributed by atoms with Crippen molar-refractivity contribution in [1.29, 1.82) is 0 Å². The molecule has 4 aromatic rings. The second kappa shape index (κ2) is 12.0. The largest absolute Gasteiger partial charge is 0.493 e. The molecule has 4 rings (SSSR count). The summed E-state index contributed by atoms with van der Waals surface area (Å²) < 4.78 is 12.5. The summed E-state index contributed by atoms with van der Waals surface area (Å²) in [5, 5.41) is 15.7. The van der Waals surface area contributed by atoms with Crippen molar-refractivity contribution >= 4 is 34.7 Å². The number of rotatable bonds is 9. The number of hydrazone groups is 1. The summed E-state index contributed by atoms with van der Waals surface area (Å²) in [5.41, 5.74) is 4.42. The SMILES string of the molecule is COc1cc(/C=N\NC(=O)C(O)(c2ccccc2)c2ccccc2)cc(I)c1OCc1cccc(C)c1. The first-order valence-corrected chi connectivity index (χ1v) is 12.7. The smallest absolute Gasteiger partial charge is 0.281 e. The van der Waals surface area contributed by atoms with Gasteiger partial charge in [0.05, 0.1) is 16.9 Å². The van der Waals surface area contributed by atoms with Gasteiger partial charge in [-0.2, -0.15) is 5.10 Å². The van der Waals surface area contributed by atoms with Crippen molar-refractivity contribution in [1.82, 2.24) is 5.43 Å². The van der Waals surface area contributed by atoms with Gasteiger partial charge in [-0.25, -0.2) is 5.43 Å². The minimum Gasteiger partial charge on any atom is -0.493 e. The second-order valence-electron chi connectivity index (χ2n) is 8.45. The van der Waals surface area contributed by atoms with Crippen LogP contribution < -0.4 is 14.9 Å². The molecule has 0 aliphatic carbocycles. The van der Waals surface area contributed by atoms with Crippen molar-refractivity contribution in [3.8, 4) is 11.5 Å². The van der Waals surface area contributed by atoms with Gasteiger partial charge in [-0.15, -0.1) is 0 Å². The molecule has 6 nitrogen and oxygen atoms in total. The molecular formula is C30H27IN2O4. The van der Waals surface area contributed by atoms with E-state index < -0.39 is 11.5 Å². The minimum atomic E-state index is -1.90. The van der Waals surface area contributed by atoms with Crippen molar-refractivity contribution in [2.75, 3.05) is 7.11 Å². The molecule has 0 atom stereocenters. The number of nitrogens with zero attached hydrogens (tertiary/aromatic N) is 1. The first-order valence-electron chi connectivity index (χ1n) is 11.6. The second-order valence-corrected chi connectivity index (χ2v) is 9.62. The maximum atomic E-state index is 13.2. The van der Waals surface area contributed by atoms with Crippen LogP contribution in [0, 0.1) is 10.5 Å². The Morgan fingerprint density at radius 1 is 0.973 bits per heavy atom. The van der Waals surface area contributed by atoms with Gasteiger partial charge >= 0.3 is 0 Å². The first-order chi connectivity index (χ1) is 17.9. The van der Waals surface area contributed by atoms with Crippen molar-refractivity contribution in [2.45, 2.75) is 19.1 Å². The maximum absolute atomic E-state index is 13.2. The Morgan fingerprint density at radius 2 is 1.62 bits per heavy atom. The Bertz CT molecular complexity index is 1350. The van der Waals surface area contributed by atoms with Gasteiger partial charge < -0.3 is 14.6 Å². The summed E-state index contributed by atoms with van der Waals surface area (Å²) in [5.74, 6) is 0.520. The number of hydrogen-bond acceptors (Lipinski definition) is 5. The Hall–Kier alpha value is -3.69. The van der Waals surface area contributed by atoms with Gasteiger partial charge in [0.15, 0.2) is 17.1 Å². The number of aliphatic hydroxyl groups is 1. The number of ether oxygens (including phenoxy) is 2. The fourth-order valence-electron chi connectivity index (χ4n) is 3.95. The van der Waals surface area contributed by atoms with Gasteiger partial charge in [-0.3, -0.25) is 4.79 Å². The molecule has 4 aromatic carbocycles. The van der Waals surface area contributed by atoms with E-state index in [0.717, 1.165) is 9.13 Å². The maximum Gasteiger partial charge on any atom is 0.281 e. The van der Waals surface area contributed by atoms with E-state index in [1.807, 2.05) is 43.3 Å². The predicted molar refractivity (Wildman–Crippen MR) is 153 cm³/mol. The molecule has 0 radical (unpaired) electrons. The molecule has 37 heavy (non-hydrogen) atoms. The lowest BCUT2D eigenvalue weighted by molar-refractivity contribution is -0.136. The van der Waals surface area contributed by atoms with Crippen LogP contribution in [0.25, 0.3) is 0 Å². The summed E-state index contributed by atoms with van der Waals surface area (Å²) in [4.78, 5) is 13.2. The lowest BCUT2D eigenvalue weighted by Gasteiger charge is -2.27. The topological polar surface area (TPSA) is 80.2 Å². The highest BCUT2D eigenvalue weighted by Crippen LogP contribution is 2.34. The van der Waals surface area contributed by atoms with Crippen molar-refractivity contribution in [2.24, 2.45) is 5.10 Å². The van der Waals surface area contributed by atoms with E-state index in [9.17, 15) is 9.90 Å². The van der Waals surface area contributed by atoms with Crippen LogP contribution >= 0.6 is 22.6 Å². The van der Waals surface area contributed by atoms with Gasteiger partial charge in [0.2, 0.25) is 0 Å². The van der Waals surface area contributed by atoms with Crippen LogP contribution in [-0.2, 0) is 17.0 Å². The molecule has 0 aromatic heterocycles. The van der Waals surface area contributed by atoms with Crippen LogP contribution in [0.5, 0.6) is 11.5 Å². The molecule has 0 saturated carbocycles. The minimum absolute atomic E-state index is 0.412. The summed E-state index contributed by atoms with van der Waals surface area (Å²) in [7, 11) is 1.58. The van der Waals surface area contributed by atoms with Gasteiger partial charge in [-0.05, 0) is 63.9 Å². The van der Waals surface area contributed by atoms with Crippen LogP contribution in [-0.4, -0.2) is 24.3 Å². The van der Waals surface area contributed by atoms with Gasteiger partial charge in [-0.1, -0.05) is 90.5 Å². The predicted octanol–water partition coefficient (Wildman–Crippen LogP) is 5.57. The van der Waals surface area contributed by atoms with E-state index in [4.69, 9.17) is 9.47 Å². The number of halogens is 1. The van der Waals surface area contributed by atoms with E-state index in [0.29, 0.717) is 34.8 Å². The number of carbonyl (C=O) groups is 1. The molecule has 1 amide bonds. The number of hydrogen-bond donors (Lipinski definition) is 2. The molecule has 0 saturated heterocycles. The molecule has 0 heterocycles. The number of carbonyl (C=O) groups excluding carboxylic acids is 1. The highest BCUT2D eigenvalue weighted by atomic mass is 127. The van der Waals surface area contributed by atoms with E-state index in [1.165, 1.54) is 11.8 Å². The fourth-order valence-corrected chi connectivity index (χ4v) is 4.73. The molecule has 0 unspecified atom stereocenters. The molecule has 0 aliphatic rings. The van der Waals surface area contributed by atoms with Crippen molar-refractivity contribution in [3.05, 3.63) is 128 Å². The third kappa shape index (κ3) is 6.18. The first kappa shape index (κ1) is 26.4. The molecule has 7 heteroatoms. The average Bonchev–Trinajstić information content (AvgIpc) is 2.92. The zero-order valence-corrected chi connectivity index (χ0v) is 22.7. The summed E-state index contributed by atoms with van der Waals surface area (Å²) >= 11 is 2.18. The van der Waals surface area contributed by atoms with E-state index in [1.54, 1.807) is 61.7 Å². The zero-order chi connectivity index (χ0) is 26.3. The van der Waals surface area contributed by atoms with Crippen molar-refractivity contribution < 1.29 is 19.4 Å². The third-order valence-corrected chi connectivity index (χ3v) is 6.61. The average molecular weight is 606 g/mol. The standard InChI is InChI=1S/C30H27IN2O4/c1-21-10-9-11-22(16-21)20-37-28-26(31)17-23(18-27(28)36-2)19-32-33-29(34)30(35,24-12-5-3-6-13-24)25-14-7-4-8-15-25/h3-19,35H,20H2,1-2H3,(H,33,34)/b32-19-. The summed E-state index contributed by atoms with van der Waals surface area (Å²) in [6.07, 6.45) is 1.50. The molecule has 0 fully saturated rings. The van der Waals surface area contributed by atoms with Crippen LogP contribution in [0.2, 0.25) is 0 Å². The number of methoxy groups -OCH3 is 1. The van der Waals surface area contributed by atoms with Crippen LogP contribution in [0.3, 0.4) is 0 Å². The number of aryl methyl sites for hydroxylation is 1. The Balaban J connectivity index is 1.52. The van der Waals surface area contributed by atoms with E-state index >= 15 is 0 Å². The van der Waals surface area contributed by atoms with Gasteiger partial charge in [0, 0.05) is 0 Å². The van der Waals surface area contributed by atoms with Crippen LogP contribution in [0.4, 0.5) is 0 Å².